The summed E-state index contributed by atoms with van der Waals surface area (Å²) in [5.74, 6) is -0.141. The summed E-state index contributed by atoms with van der Waals surface area (Å²) in [5, 5.41) is 22.9. The third-order valence-corrected chi connectivity index (χ3v) is 3.02. The van der Waals surface area contributed by atoms with Crippen LogP contribution in [0.15, 0.2) is 18.2 Å². The number of amides is 1. The molecule has 1 fully saturated rings. The third kappa shape index (κ3) is 3.00. The molecule has 0 aliphatic carbocycles. The number of carbonyl (C=O) groups is 1. The SMILES string of the molecule is O=C1CN(c2ccc(CO)cc2[N+](=O)[O-])CCCN1. The first-order valence-electron chi connectivity index (χ1n) is 6.01. The minimum absolute atomic E-state index is 0.0822. The van der Waals surface area contributed by atoms with Gasteiger partial charge >= 0.3 is 0 Å². The van der Waals surface area contributed by atoms with Crippen molar-refractivity contribution in [1.82, 2.24) is 5.32 Å². The summed E-state index contributed by atoms with van der Waals surface area (Å²) >= 11 is 0. The van der Waals surface area contributed by atoms with Crippen LogP contribution in [0.25, 0.3) is 0 Å². The second-order valence-corrected chi connectivity index (χ2v) is 4.36. The van der Waals surface area contributed by atoms with E-state index in [2.05, 4.69) is 5.32 Å². The van der Waals surface area contributed by atoms with Gasteiger partial charge in [-0.05, 0) is 18.1 Å². The molecule has 1 aromatic rings. The fourth-order valence-corrected chi connectivity index (χ4v) is 2.09. The molecule has 0 radical (unpaired) electrons. The van der Waals surface area contributed by atoms with Gasteiger partial charge in [-0.15, -0.1) is 0 Å². The molecule has 2 N–H and O–H groups in total. The summed E-state index contributed by atoms with van der Waals surface area (Å²) in [7, 11) is 0. The Morgan fingerprint density at radius 3 is 2.95 bits per heavy atom. The quantitative estimate of drug-likeness (QED) is 0.609. The van der Waals surface area contributed by atoms with E-state index in [1.54, 1.807) is 17.0 Å². The van der Waals surface area contributed by atoms with Crippen molar-refractivity contribution in [1.29, 1.82) is 0 Å². The number of nitrogens with zero attached hydrogens (tertiary/aromatic N) is 2. The normalized spacial score (nSPS) is 15.8. The van der Waals surface area contributed by atoms with E-state index in [1.807, 2.05) is 0 Å². The van der Waals surface area contributed by atoms with Crippen molar-refractivity contribution in [3.8, 4) is 0 Å². The topological polar surface area (TPSA) is 95.7 Å². The van der Waals surface area contributed by atoms with Crippen molar-refractivity contribution in [2.45, 2.75) is 13.0 Å². The zero-order valence-electron chi connectivity index (χ0n) is 10.3. The third-order valence-electron chi connectivity index (χ3n) is 3.02. The zero-order chi connectivity index (χ0) is 13.8. The number of hydrogen-bond acceptors (Lipinski definition) is 5. The number of rotatable bonds is 3. The molecule has 0 atom stereocenters. The van der Waals surface area contributed by atoms with Gasteiger partial charge in [0.25, 0.3) is 5.69 Å². The maximum atomic E-state index is 11.5. The van der Waals surface area contributed by atoms with Gasteiger partial charge in [0.2, 0.25) is 5.91 Å². The Balaban J connectivity index is 2.36. The number of nitro groups is 1. The molecule has 0 bridgehead atoms. The van der Waals surface area contributed by atoms with E-state index < -0.39 is 4.92 Å². The maximum absolute atomic E-state index is 11.5. The van der Waals surface area contributed by atoms with Crippen molar-refractivity contribution in [3.05, 3.63) is 33.9 Å². The molecular weight excluding hydrogens is 250 g/mol. The van der Waals surface area contributed by atoms with Gasteiger partial charge in [-0.25, -0.2) is 0 Å². The Bertz CT molecular complexity index is 504. The summed E-state index contributed by atoms with van der Waals surface area (Å²) < 4.78 is 0. The molecule has 102 valence electrons. The predicted molar refractivity (Wildman–Crippen MR) is 68.9 cm³/mol. The lowest BCUT2D eigenvalue weighted by Crippen LogP contribution is -2.33. The van der Waals surface area contributed by atoms with Crippen LogP contribution in [-0.2, 0) is 11.4 Å². The number of nitro benzene ring substituents is 1. The van der Waals surface area contributed by atoms with Gasteiger partial charge < -0.3 is 15.3 Å². The summed E-state index contributed by atoms with van der Waals surface area (Å²) in [6.45, 7) is 1.02. The van der Waals surface area contributed by atoms with Crippen LogP contribution in [0.1, 0.15) is 12.0 Å². The van der Waals surface area contributed by atoms with Gasteiger partial charge in [0.15, 0.2) is 0 Å². The van der Waals surface area contributed by atoms with Crippen molar-refractivity contribution in [2.75, 3.05) is 24.5 Å². The predicted octanol–water partition coefficient (Wildman–Crippen LogP) is 0.413. The minimum Gasteiger partial charge on any atom is -0.392 e. The van der Waals surface area contributed by atoms with Crippen molar-refractivity contribution in [3.63, 3.8) is 0 Å². The molecule has 0 saturated carbocycles. The van der Waals surface area contributed by atoms with Crippen LogP contribution in [0.4, 0.5) is 11.4 Å². The fraction of sp³-hybridized carbons (Fsp3) is 0.417. The van der Waals surface area contributed by atoms with Crippen LogP contribution in [0.5, 0.6) is 0 Å². The molecule has 1 aliphatic heterocycles. The summed E-state index contributed by atoms with van der Waals surface area (Å²) in [6, 6.07) is 4.56. The molecule has 0 spiro atoms. The van der Waals surface area contributed by atoms with Crippen LogP contribution in [0.2, 0.25) is 0 Å². The molecule has 2 rings (SSSR count). The number of aliphatic hydroxyl groups excluding tert-OH is 1. The first kappa shape index (κ1) is 13.3. The molecule has 0 aromatic heterocycles. The van der Waals surface area contributed by atoms with Crippen molar-refractivity contribution < 1.29 is 14.8 Å². The fourth-order valence-electron chi connectivity index (χ4n) is 2.09. The number of hydrogen-bond donors (Lipinski definition) is 2. The van der Waals surface area contributed by atoms with Gasteiger partial charge in [-0.3, -0.25) is 14.9 Å². The number of aliphatic hydroxyl groups is 1. The Hall–Kier alpha value is -2.15. The summed E-state index contributed by atoms with van der Waals surface area (Å²) in [6.07, 6.45) is 0.741. The number of carbonyl (C=O) groups excluding carboxylic acids is 1. The van der Waals surface area contributed by atoms with Crippen LogP contribution in [0, 0.1) is 10.1 Å². The number of anilines is 1. The molecule has 7 nitrogen and oxygen atoms in total. The first-order chi connectivity index (χ1) is 9.11. The van der Waals surface area contributed by atoms with Crippen LogP contribution in [-0.4, -0.2) is 35.6 Å². The summed E-state index contributed by atoms with van der Waals surface area (Å²) in [4.78, 5) is 23.8. The molecule has 1 aromatic carbocycles. The van der Waals surface area contributed by atoms with Gasteiger partial charge in [-0.2, -0.15) is 0 Å². The van der Waals surface area contributed by atoms with Gasteiger partial charge in [0.1, 0.15) is 5.69 Å². The van der Waals surface area contributed by atoms with Crippen LogP contribution in [0.3, 0.4) is 0 Å². The highest BCUT2D eigenvalue weighted by Gasteiger charge is 2.23. The van der Waals surface area contributed by atoms with Gasteiger partial charge in [0.05, 0.1) is 18.1 Å². The Morgan fingerprint density at radius 1 is 1.47 bits per heavy atom. The van der Waals surface area contributed by atoms with Gasteiger partial charge in [-0.1, -0.05) is 6.07 Å². The summed E-state index contributed by atoms with van der Waals surface area (Å²) in [5.41, 5.74) is 0.815. The Morgan fingerprint density at radius 2 is 2.26 bits per heavy atom. The Labute approximate surface area is 110 Å². The minimum atomic E-state index is -0.489. The highest BCUT2D eigenvalue weighted by Crippen LogP contribution is 2.29. The Kier molecular flexibility index (Phi) is 3.96. The van der Waals surface area contributed by atoms with E-state index >= 15 is 0 Å². The largest absolute Gasteiger partial charge is 0.392 e. The lowest BCUT2D eigenvalue weighted by atomic mass is 10.1. The van der Waals surface area contributed by atoms with E-state index in [9.17, 15) is 14.9 Å². The average Bonchev–Trinajstić information content (AvgIpc) is 2.62. The average molecular weight is 265 g/mol. The van der Waals surface area contributed by atoms with Crippen molar-refractivity contribution >= 4 is 17.3 Å². The number of nitrogens with one attached hydrogen (secondary N) is 1. The zero-order valence-corrected chi connectivity index (χ0v) is 10.3. The molecule has 7 heteroatoms. The van der Waals surface area contributed by atoms with E-state index in [0.29, 0.717) is 24.3 Å². The van der Waals surface area contributed by atoms with E-state index in [1.165, 1.54) is 6.07 Å². The maximum Gasteiger partial charge on any atom is 0.292 e. The molecule has 1 saturated heterocycles. The van der Waals surface area contributed by atoms with Crippen molar-refractivity contribution in [2.24, 2.45) is 0 Å². The lowest BCUT2D eigenvalue weighted by molar-refractivity contribution is -0.384. The monoisotopic (exact) mass is 265 g/mol. The molecule has 1 amide bonds. The second kappa shape index (κ2) is 5.66. The highest BCUT2D eigenvalue weighted by atomic mass is 16.6. The van der Waals surface area contributed by atoms with E-state index in [0.717, 1.165) is 6.42 Å². The van der Waals surface area contributed by atoms with E-state index in [-0.39, 0.29) is 24.7 Å². The van der Waals surface area contributed by atoms with E-state index in [4.69, 9.17) is 5.11 Å². The van der Waals surface area contributed by atoms with Gasteiger partial charge in [0, 0.05) is 19.2 Å². The number of benzene rings is 1. The molecule has 1 heterocycles. The molecule has 19 heavy (non-hydrogen) atoms. The van der Waals surface area contributed by atoms with Crippen LogP contribution >= 0.6 is 0 Å². The smallest absolute Gasteiger partial charge is 0.292 e. The first-order valence-corrected chi connectivity index (χ1v) is 6.01. The highest BCUT2D eigenvalue weighted by molar-refractivity contribution is 5.83. The lowest BCUT2D eigenvalue weighted by Gasteiger charge is -2.21. The second-order valence-electron chi connectivity index (χ2n) is 4.36. The molecule has 0 unspecified atom stereocenters. The molecular formula is C12H15N3O4. The molecule has 1 aliphatic rings. The standard InChI is InChI=1S/C12H15N3O4/c16-8-9-2-3-10(11(6-9)15(18)19)14-5-1-4-13-12(17)7-14/h2-3,6,16H,1,4-5,7-8H2,(H,13,17). The van der Waals surface area contributed by atoms with Crippen LogP contribution < -0.4 is 10.2 Å².